The average Bonchev–Trinajstić information content (AvgIpc) is 1.94. The highest BCUT2D eigenvalue weighted by Crippen LogP contribution is 2.20. The first-order chi connectivity index (χ1) is 5.11. The van der Waals surface area contributed by atoms with Crippen molar-refractivity contribution in [3.05, 3.63) is 23.2 Å². The molecule has 0 aromatic heterocycles. The van der Waals surface area contributed by atoms with Gasteiger partial charge in [0, 0.05) is 10.6 Å². The predicted octanol–water partition coefficient (Wildman–Crippen LogP) is 1.16. The van der Waals surface area contributed by atoms with Gasteiger partial charge in [-0.3, -0.25) is 4.21 Å². The normalized spacial score (nSPS) is 12.9. The quantitative estimate of drug-likeness (QED) is 0.534. The molecule has 1 rings (SSSR count). The first-order valence-corrected chi connectivity index (χ1v) is 4.21. The maximum absolute atomic E-state index is 10.4. The molecule has 0 aliphatic heterocycles. The zero-order valence-corrected chi connectivity index (χ0v) is 6.98. The van der Waals surface area contributed by atoms with Crippen LogP contribution in [0.1, 0.15) is 0 Å². The lowest BCUT2D eigenvalue weighted by molar-refractivity contribution is 0.537. The van der Waals surface area contributed by atoms with E-state index in [1.165, 1.54) is 12.1 Å². The molecular weight excluding hydrogens is 186 g/mol. The summed E-state index contributed by atoms with van der Waals surface area (Å²) in [4.78, 5) is 0.0340. The van der Waals surface area contributed by atoms with Crippen LogP contribution in [0.3, 0.4) is 0 Å². The monoisotopic (exact) mass is 190 g/mol. The largest absolute Gasteiger partial charge is 0.768 e. The molecule has 11 heavy (non-hydrogen) atoms. The smallest absolute Gasteiger partial charge is 0.0557 e. The molecule has 0 radical (unpaired) electrons. The summed E-state index contributed by atoms with van der Waals surface area (Å²) in [7, 11) is 0. The number of hydrogen-bond donors (Lipinski definition) is 1. The van der Waals surface area contributed by atoms with Crippen molar-refractivity contribution in [1.82, 2.24) is 0 Å². The first-order valence-electron chi connectivity index (χ1n) is 2.75. The van der Waals surface area contributed by atoms with Crippen molar-refractivity contribution in [3.63, 3.8) is 0 Å². The summed E-state index contributed by atoms with van der Waals surface area (Å²) in [5.41, 5.74) is 5.72. The zero-order chi connectivity index (χ0) is 8.43. The highest BCUT2D eigenvalue weighted by atomic mass is 35.5. The van der Waals surface area contributed by atoms with Crippen molar-refractivity contribution < 1.29 is 8.76 Å². The predicted molar refractivity (Wildman–Crippen MR) is 43.1 cm³/mol. The topological polar surface area (TPSA) is 66.2 Å². The fourth-order valence-corrected chi connectivity index (χ4v) is 1.41. The van der Waals surface area contributed by atoms with Crippen LogP contribution in [-0.2, 0) is 11.1 Å². The molecule has 1 aromatic carbocycles. The first kappa shape index (κ1) is 8.52. The van der Waals surface area contributed by atoms with Crippen molar-refractivity contribution in [3.8, 4) is 0 Å². The van der Waals surface area contributed by atoms with Crippen LogP contribution >= 0.6 is 11.6 Å². The fourth-order valence-electron chi connectivity index (χ4n) is 0.648. The Balaban J connectivity index is 3.23. The highest BCUT2D eigenvalue weighted by Gasteiger charge is 1.99. The Kier molecular flexibility index (Phi) is 2.49. The van der Waals surface area contributed by atoms with Crippen molar-refractivity contribution >= 4 is 28.4 Å². The summed E-state index contributed by atoms with van der Waals surface area (Å²) >= 11 is 3.23. The van der Waals surface area contributed by atoms with Crippen LogP contribution < -0.4 is 5.73 Å². The van der Waals surface area contributed by atoms with Gasteiger partial charge in [-0.05, 0) is 29.3 Å². The van der Waals surface area contributed by atoms with E-state index in [9.17, 15) is 8.76 Å². The Hall–Kier alpha value is -0.580. The van der Waals surface area contributed by atoms with Gasteiger partial charge in [-0.2, -0.15) is 0 Å². The van der Waals surface area contributed by atoms with Crippen LogP contribution in [0.4, 0.5) is 5.69 Å². The SMILES string of the molecule is Nc1ccc(Cl)c(S(=O)[O-])c1. The number of hydrogen-bond acceptors (Lipinski definition) is 3. The summed E-state index contributed by atoms with van der Waals surface area (Å²) in [6.45, 7) is 0. The Labute approximate surface area is 71.5 Å². The Morgan fingerprint density at radius 3 is 2.64 bits per heavy atom. The molecule has 0 saturated heterocycles. The van der Waals surface area contributed by atoms with E-state index >= 15 is 0 Å². The van der Waals surface area contributed by atoms with Gasteiger partial charge in [0.05, 0.1) is 5.02 Å². The molecular formula is C6H5ClNO2S-. The van der Waals surface area contributed by atoms with E-state index < -0.39 is 11.1 Å². The second-order valence-corrected chi connectivity index (χ2v) is 3.24. The molecule has 0 bridgehead atoms. The van der Waals surface area contributed by atoms with Gasteiger partial charge in [0.1, 0.15) is 0 Å². The minimum Gasteiger partial charge on any atom is -0.768 e. The Morgan fingerprint density at radius 1 is 1.55 bits per heavy atom. The summed E-state index contributed by atoms with van der Waals surface area (Å²) in [5, 5.41) is 0.188. The summed E-state index contributed by atoms with van der Waals surface area (Å²) in [6, 6.07) is 4.30. The third kappa shape index (κ3) is 1.92. The Bertz CT molecular complexity index is 303. The van der Waals surface area contributed by atoms with E-state index in [0.29, 0.717) is 5.69 Å². The third-order valence-electron chi connectivity index (χ3n) is 1.13. The van der Waals surface area contributed by atoms with Crippen LogP contribution in [0.2, 0.25) is 5.02 Å². The van der Waals surface area contributed by atoms with E-state index in [0.717, 1.165) is 0 Å². The minimum atomic E-state index is -2.31. The van der Waals surface area contributed by atoms with Gasteiger partial charge < -0.3 is 10.3 Å². The van der Waals surface area contributed by atoms with Gasteiger partial charge in [0.15, 0.2) is 0 Å². The van der Waals surface area contributed by atoms with Crippen LogP contribution in [0.15, 0.2) is 23.1 Å². The number of anilines is 1. The second kappa shape index (κ2) is 3.21. The van der Waals surface area contributed by atoms with Crippen molar-refractivity contribution in [2.75, 3.05) is 5.73 Å². The Morgan fingerprint density at radius 2 is 2.18 bits per heavy atom. The number of rotatable bonds is 1. The molecule has 1 unspecified atom stereocenters. The molecule has 1 atom stereocenters. The molecule has 0 aliphatic carbocycles. The number of halogens is 1. The summed E-state index contributed by atoms with van der Waals surface area (Å²) < 4.78 is 20.9. The maximum Gasteiger partial charge on any atom is 0.0557 e. The highest BCUT2D eigenvalue weighted by molar-refractivity contribution is 7.79. The third-order valence-corrected chi connectivity index (χ3v) is 2.27. The van der Waals surface area contributed by atoms with Gasteiger partial charge >= 0.3 is 0 Å². The molecule has 0 amide bonds. The number of benzene rings is 1. The van der Waals surface area contributed by atoms with Crippen molar-refractivity contribution in [1.29, 1.82) is 0 Å². The standard InChI is InChI=1S/C6H6ClNO2S/c7-5-2-1-4(8)3-6(5)11(9)10/h1-3H,8H2,(H,9,10)/p-1. The van der Waals surface area contributed by atoms with Crippen LogP contribution in [-0.4, -0.2) is 8.76 Å². The van der Waals surface area contributed by atoms with Gasteiger partial charge in [-0.1, -0.05) is 11.6 Å². The van der Waals surface area contributed by atoms with Gasteiger partial charge in [0.2, 0.25) is 0 Å². The van der Waals surface area contributed by atoms with Crippen molar-refractivity contribution in [2.24, 2.45) is 0 Å². The molecule has 0 heterocycles. The molecule has 1 aromatic rings. The number of nitrogen functional groups attached to an aromatic ring is 1. The van der Waals surface area contributed by atoms with Gasteiger partial charge in [-0.15, -0.1) is 0 Å². The molecule has 0 fully saturated rings. The van der Waals surface area contributed by atoms with E-state index in [1.54, 1.807) is 6.07 Å². The fraction of sp³-hybridized carbons (Fsp3) is 0. The zero-order valence-electron chi connectivity index (χ0n) is 5.41. The summed E-state index contributed by atoms with van der Waals surface area (Å²) in [5.74, 6) is 0. The molecule has 60 valence electrons. The second-order valence-electron chi connectivity index (χ2n) is 1.92. The lowest BCUT2D eigenvalue weighted by Crippen LogP contribution is -1.92. The van der Waals surface area contributed by atoms with Gasteiger partial charge in [0.25, 0.3) is 0 Å². The maximum atomic E-state index is 10.4. The van der Waals surface area contributed by atoms with E-state index in [2.05, 4.69) is 0 Å². The molecule has 5 heteroatoms. The van der Waals surface area contributed by atoms with Crippen molar-refractivity contribution in [2.45, 2.75) is 4.90 Å². The molecule has 0 spiro atoms. The molecule has 0 saturated carbocycles. The molecule has 3 nitrogen and oxygen atoms in total. The van der Waals surface area contributed by atoms with Crippen LogP contribution in [0, 0.1) is 0 Å². The molecule has 2 N–H and O–H groups in total. The van der Waals surface area contributed by atoms with E-state index in [1.807, 2.05) is 0 Å². The van der Waals surface area contributed by atoms with Crippen LogP contribution in [0.25, 0.3) is 0 Å². The van der Waals surface area contributed by atoms with E-state index in [-0.39, 0.29) is 9.92 Å². The van der Waals surface area contributed by atoms with Gasteiger partial charge in [-0.25, -0.2) is 0 Å². The lowest BCUT2D eigenvalue weighted by atomic mass is 10.3. The average molecular weight is 191 g/mol. The van der Waals surface area contributed by atoms with E-state index in [4.69, 9.17) is 17.3 Å². The lowest BCUT2D eigenvalue weighted by Gasteiger charge is -2.07. The number of nitrogens with two attached hydrogens (primary N) is 1. The summed E-state index contributed by atoms with van der Waals surface area (Å²) in [6.07, 6.45) is 0. The van der Waals surface area contributed by atoms with Crippen LogP contribution in [0.5, 0.6) is 0 Å². The molecule has 0 aliphatic rings. The minimum absolute atomic E-state index is 0.0340.